The van der Waals surface area contributed by atoms with E-state index in [9.17, 15) is 13.2 Å². The molecule has 0 unspecified atom stereocenters. The number of aryl methyl sites for hydroxylation is 1. The van der Waals surface area contributed by atoms with Crippen LogP contribution in [0.4, 0.5) is 19.0 Å². The molecule has 1 aromatic carbocycles. The summed E-state index contributed by atoms with van der Waals surface area (Å²) in [5, 5.41) is 0. The van der Waals surface area contributed by atoms with Gasteiger partial charge in [-0.05, 0) is 47.2 Å². The van der Waals surface area contributed by atoms with E-state index in [-0.39, 0.29) is 17.2 Å². The first-order valence-corrected chi connectivity index (χ1v) is 7.80. The molecule has 1 aromatic heterocycles. The van der Waals surface area contributed by atoms with Crippen LogP contribution < -0.4 is 5.73 Å². The number of rotatable bonds is 2. The molecule has 8 heteroatoms. The molecule has 0 spiro atoms. The van der Waals surface area contributed by atoms with Gasteiger partial charge in [-0.3, -0.25) is 0 Å². The normalized spacial score (nSPS) is 11.7. The van der Waals surface area contributed by atoms with E-state index >= 15 is 0 Å². The number of halogens is 5. The summed E-state index contributed by atoms with van der Waals surface area (Å²) in [7, 11) is 0. The number of hydrogen-bond donors (Lipinski definition) is 1. The van der Waals surface area contributed by atoms with Crippen LogP contribution in [-0.4, -0.2) is 9.97 Å². The lowest BCUT2D eigenvalue weighted by Crippen LogP contribution is -2.10. The Labute approximate surface area is 141 Å². The smallest absolute Gasteiger partial charge is 0.383 e. The Kier molecular flexibility index (Phi) is 4.76. The topological polar surface area (TPSA) is 51.8 Å². The fourth-order valence-electron chi connectivity index (χ4n) is 1.81. The van der Waals surface area contributed by atoms with E-state index < -0.39 is 11.7 Å². The summed E-state index contributed by atoms with van der Waals surface area (Å²) in [6.45, 7) is 1.86. The van der Waals surface area contributed by atoms with E-state index in [1.165, 1.54) is 12.1 Å². The molecule has 2 aromatic rings. The second kappa shape index (κ2) is 6.07. The minimum absolute atomic E-state index is 0.00964. The first-order chi connectivity index (χ1) is 9.74. The van der Waals surface area contributed by atoms with Gasteiger partial charge in [0.1, 0.15) is 5.82 Å². The lowest BCUT2D eigenvalue weighted by molar-refractivity contribution is -0.137. The fraction of sp³-hybridized carbons (Fsp3) is 0.231. The van der Waals surface area contributed by atoms with Crippen LogP contribution in [0.1, 0.15) is 18.2 Å². The van der Waals surface area contributed by atoms with Gasteiger partial charge in [-0.1, -0.05) is 22.9 Å². The van der Waals surface area contributed by atoms with E-state index in [4.69, 9.17) is 5.73 Å². The monoisotopic (exact) mass is 471 g/mol. The van der Waals surface area contributed by atoms with Gasteiger partial charge in [-0.2, -0.15) is 13.2 Å². The number of nitrogens with zero attached hydrogens (tertiary/aromatic N) is 2. The quantitative estimate of drug-likeness (QED) is 0.647. The number of benzene rings is 1. The zero-order valence-corrected chi connectivity index (χ0v) is 14.5. The Balaban J connectivity index is 2.70. The van der Waals surface area contributed by atoms with Gasteiger partial charge < -0.3 is 5.73 Å². The van der Waals surface area contributed by atoms with Crippen molar-refractivity contribution in [3.63, 3.8) is 0 Å². The Bertz CT molecular complexity index is 689. The molecule has 1 heterocycles. The van der Waals surface area contributed by atoms with Crippen LogP contribution in [0.2, 0.25) is 0 Å². The zero-order valence-electron chi connectivity index (χ0n) is 10.8. The first kappa shape index (κ1) is 16.5. The highest BCUT2D eigenvalue weighted by atomic mass is 127. The minimum atomic E-state index is -4.49. The summed E-state index contributed by atoms with van der Waals surface area (Å²) in [4.78, 5) is 8.21. The molecule has 21 heavy (non-hydrogen) atoms. The molecule has 112 valence electrons. The van der Waals surface area contributed by atoms with Gasteiger partial charge in [-0.15, -0.1) is 0 Å². The van der Waals surface area contributed by atoms with Crippen molar-refractivity contribution in [2.24, 2.45) is 0 Å². The standard InChI is InChI=1S/C13H10BrF3IN3/c1-2-9-10(18)11(19)21-12(20-9)7-4-3-6(14)5-8(7)13(15,16)17/h3-5H,2H2,1H3,(H2,19,20,21). The summed E-state index contributed by atoms with van der Waals surface area (Å²) in [5.41, 5.74) is 5.54. The van der Waals surface area contributed by atoms with Crippen LogP contribution >= 0.6 is 38.5 Å². The second-order valence-electron chi connectivity index (χ2n) is 4.23. The Morgan fingerprint density at radius 1 is 1.29 bits per heavy atom. The summed E-state index contributed by atoms with van der Waals surface area (Å²) in [6.07, 6.45) is -3.93. The molecule has 2 N–H and O–H groups in total. The number of alkyl halides is 3. The molecule has 0 saturated carbocycles. The predicted octanol–water partition coefficient (Wildman–Crippen LogP) is 4.67. The average molecular weight is 472 g/mol. The van der Waals surface area contributed by atoms with Gasteiger partial charge >= 0.3 is 6.18 Å². The van der Waals surface area contributed by atoms with E-state index in [2.05, 4.69) is 25.9 Å². The van der Waals surface area contributed by atoms with Crippen LogP contribution in [0.5, 0.6) is 0 Å². The first-order valence-electron chi connectivity index (χ1n) is 5.93. The van der Waals surface area contributed by atoms with Crippen LogP contribution in [-0.2, 0) is 12.6 Å². The van der Waals surface area contributed by atoms with Crippen molar-refractivity contribution in [3.05, 3.63) is 37.5 Å². The van der Waals surface area contributed by atoms with Crippen LogP contribution in [0, 0.1) is 3.57 Å². The fourth-order valence-corrected chi connectivity index (χ4v) is 2.80. The van der Waals surface area contributed by atoms with Crippen LogP contribution in [0.25, 0.3) is 11.4 Å². The van der Waals surface area contributed by atoms with Gasteiger partial charge in [0, 0.05) is 10.0 Å². The highest BCUT2D eigenvalue weighted by molar-refractivity contribution is 14.1. The molecule has 0 saturated heterocycles. The van der Waals surface area contributed by atoms with Crippen molar-refractivity contribution < 1.29 is 13.2 Å². The molecule has 0 aliphatic heterocycles. The third-order valence-electron chi connectivity index (χ3n) is 2.81. The Morgan fingerprint density at radius 2 is 1.95 bits per heavy atom. The number of aromatic nitrogens is 2. The minimum Gasteiger partial charge on any atom is -0.383 e. The highest BCUT2D eigenvalue weighted by Gasteiger charge is 2.34. The second-order valence-corrected chi connectivity index (χ2v) is 6.23. The maximum atomic E-state index is 13.2. The molecule has 0 aliphatic carbocycles. The third kappa shape index (κ3) is 3.47. The van der Waals surface area contributed by atoms with Crippen molar-refractivity contribution in [2.45, 2.75) is 19.5 Å². The largest absolute Gasteiger partial charge is 0.417 e. The highest BCUT2D eigenvalue weighted by Crippen LogP contribution is 2.38. The number of anilines is 1. The molecular weight excluding hydrogens is 462 g/mol. The maximum Gasteiger partial charge on any atom is 0.417 e. The Morgan fingerprint density at radius 3 is 2.52 bits per heavy atom. The zero-order chi connectivity index (χ0) is 15.8. The van der Waals surface area contributed by atoms with Gasteiger partial charge in [0.2, 0.25) is 0 Å². The molecular formula is C13H10BrF3IN3. The summed E-state index contributed by atoms with van der Waals surface area (Å²) < 4.78 is 40.5. The number of hydrogen-bond acceptors (Lipinski definition) is 3. The molecule has 0 amide bonds. The van der Waals surface area contributed by atoms with Gasteiger partial charge in [0.05, 0.1) is 14.8 Å². The average Bonchev–Trinajstić information content (AvgIpc) is 2.40. The number of nitrogen functional groups attached to an aromatic ring is 1. The van der Waals surface area contributed by atoms with Crippen molar-refractivity contribution in [1.82, 2.24) is 9.97 Å². The molecule has 3 nitrogen and oxygen atoms in total. The van der Waals surface area contributed by atoms with Crippen LogP contribution in [0.15, 0.2) is 22.7 Å². The molecule has 0 radical (unpaired) electrons. The van der Waals surface area contributed by atoms with E-state index in [0.717, 1.165) is 6.07 Å². The SMILES string of the molecule is CCc1nc(-c2ccc(Br)cc2C(F)(F)F)nc(N)c1I. The Hall–Kier alpha value is -0.900. The van der Waals surface area contributed by atoms with E-state index in [1.807, 2.05) is 29.5 Å². The van der Waals surface area contributed by atoms with E-state index in [1.54, 1.807) is 0 Å². The van der Waals surface area contributed by atoms with Crippen LogP contribution in [0.3, 0.4) is 0 Å². The number of nitrogens with two attached hydrogens (primary N) is 1. The molecule has 0 bridgehead atoms. The van der Waals surface area contributed by atoms with Gasteiger partial charge in [0.15, 0.2) is 5.82 Å². The maximum absolute atomic E-state index is 13.2. The summed E-state index contributed by atoms with van der Waals surface area (Å²) in [6, 6.07) is 3.88. The van der Waals surface area contributed by atoms with Crippen molar-refractivity contribution in [1.29, 1.82) is 0 Å². The molecule has 0 aliphatic rings. The lowest BCUT2D eigenvalue weighted by atomic mass is 10.1. The summed E-state index contributed by atoms with van der Waals surface area (Å²) in [5.74, 6) is 0.179. The molecule has 0 atom stereocenters. The van der Waals surface area contributed by atoms with Gasteiger partial charge in [-0.25, -0.2) is 9.97 Å². The lowest BCUT2D eigenvalue weighted by Gasteiger charge is -2.14. The van der Waals surface area contributed by atoms with Crippen molar-refractivity contribution >= 4 is 44.3 Å². The predicted molar refractivity (Wildman–Crippen MR) is 86.7 cm³/mol. The third-order valence-corrected chi connectivity index (χ3v) is 4.48. The molecule has 0 fully saturated rings. The van der Waals surface area contributed by atoms with Crippen molar-refractivity contribution in [2.75, 3.05) is 5.73 Å². The molecule has 2 rings (SSSR count). The van der Waals surface area contributed by atoms with Crippen molar-refractivity contribution in [3.8, 4) is 11.4 Å². The van der Waals surface area contributed by atoms with E-state index in [0.29, 0.717) is 20.2 Å². The summed E-state index contributed by atoms with van der Waals surface area (Å²) >= 11 is 5.04. The van der Waals surface area contributed by atoms with Gasteiger partial charge in [0.25, 0.3) is 0 Å².